The molecular weight excluding hydrogens is 330 g/mol. The summed E-state index contributed by atoms with van der Waals surface area (Å²) in [7, 11) is 0. The van der Waals surface area contributed by atoms with Crippen LogP contribution >= 0.6 is 0 Å². The molecule has 1 heterocycles. The van der Waals surface area contributed by atoms with Crippen LogP contribution < -0.4 is 5.32 Å². The maximum atomic E-state index is 11.7. The van der Waals surface area contributed by atoms with Crippen molar-refractivity contribution in [2.24, 2.45) is 0 Å². The summed E-state index contributed by atoms with van der Waals surface area (Å²) in [5.41, 5.74) is 1.18. The van der Waals surface area contributed by atoms with Crippen LogP contribution in [0.15, 0.2) is 42.7 Å². The van der Waals surface area contributed by atoms with Gasteiger partial charge in [0.2, 0.25) is 0 Å². The van der Waals surface area contributed by atoms with Gasteiger partial charge in [-0.25, -0.2) is 14.8 Å². The molecule has 1 saturated carbocycles. The van der Waals surface area contributed by atoms with E-state index in [4.69, 9.17) is 9.47 Å². The highest BCUT2D eigenvalue weighted by Gasteiger charge is 2.33. The van der Waals surface area contributed by atoms with Crippen LogP contribution in [-0.2, 0) is 16.1 Å². The predicted molar refractivity (Wildman–Crippen MR) is 98.9 cm³/mol. The van der Waals surface area contributed by atoms with E-state index < -0.39 is 11.7 Å². The Morgan fingerprint density at radius 2 is 1.81 bits per heavy atom. The van der Waals surface area contributed by atoms with Gasteiger partial charge in [-0.05, 0) is 39.2 Å². The molecule has 138 valence electrons. The van der Waals surface area contributed by atoms with Crippen LogP contribution in [0.1, 0.15) is 50.9 Å². The normalized spacial score (nSPS) is 19.5. The van der Waals surface area contributed by atoms with Crippen molar-refractivity contribution >= 4 is 11.8 Å². The molecule has 0 atom stereocenters. The zero-order chi connectivity index (χ0) is 18.6. The largest absolute Gasteiger partial charge is 0.444 e. The number of carbonyl (C=O) groups is 1. The summed E-state index contributed by atoms with van der Waals surface area (Å²) in [4.78, 5) is 20.5. The quantitative estimate of drug-likeness (QED) is 0.866. The van der Waals surface area contributed by atoms with E-state index in [0.29, 0.717) is 18.2 Å². The fourth-order valence-electron chi connectivity index (χ4n) is 2.74. The summed E-state index contributed by atoms with van der Waals surface area (Å²) in [6.45, 7) is 6.09. The van der Waals surface area contributed by atoms with Crippen molar-refractivity contribution in [2.75, 3.05) is 5.32 Å². The summed E-state index contributed by atoms with van der Waals surface area (Å²) >= 11 is 0. The first kappa shape index (κ1) is 18.3. The molecule has 1 aliphatic carbocycles. The summed E-state index contributed by atoms with van der Waals surface area (Å²) in [6.07, 6.45) is 4.82. The molecule has 1 N–H and O–H groups in total. The van der Waals surface area contributed by atoms with Crippen molar-refractivity contribution in [3.05, 3.63) is 54.1 Å². The molecule has 1 fully saturated rings. The van der Waals surface area contributed by atoms with Gasteiger partial charge in [0.1, 0.15) is 11.4 Å². The molecule has 0 unspecified atom stereocenters. The first-order valence-corrected chi connectivity index (χ1v) is 8.86. The van der Waals surface area contributed by atoms with Gasteiger partial charge in [-0.15, -0.1) is 0 Å². The van der Waals surface area contributed by atoms with E-state index in [2.05, 4.69) is 27.4 Å². The van der Waals surface area contributed by atoms with Crippen LogP contribution in [0.3, 0.4) is 0 Å². The Balaban J connectivity index is 1.43. The molecule has 1 amide bonds. The number of hydrogen-bond donors (Lipinski definition) is 1. The Bertz CT molecular complexity index is 720. The van der Waals surface area contributed by atoms with E-state index in [-0.39, 0.29) is 6.10 Å². The molecule has 0 radical (unpaired) electrons. The number of nitrogens with one attached hydrogen (secondary N) is 1. The van der Waals surface area contributed by atoms with E-state index >= 15 is 0 Å². The van der Waals surface area contributed by atoms with E-state index in [1.165, 1.54) is 5.56 Å². The van der Waals surface area contributed by atoms with Crippen molar-refractivity contribution in [1.82, 2.24) is 9.97 Å². The first-order valence-electron chi connectivity index (χ1n) is 8.86. The molecule has 0 saturated heterocycles. The van der Waals surface area contributed by atoms with Crippen LogP contribution in [-0.4, -0.2) is 27.8 Å². The molecule has 6 heteroatoms. The lowest BCUT2D eigenvalue weighted by Gasteiger charge is -2.34. The molecule has 1 aliphatic rings. The fraction of sp³-hybridized carbons (Fsp3) is 0.450. The number of carbonyl (C=O) groups excluding carboxylic acids is 1. The highest BCUT2D eigenvalue weighted by atomic mass is 16.6. The van der Waals surface area contributed by atoms with Gasteiger partial charge in [0.25, 0.3) is 0 Å². The maximum Gasteiger partial charge on any atom is 0.412 e. The standard InChI is InChI=1S/C20H25N3O3/c1-20(2,3)26-19(24)23-16-11-21-18(22-12-16)15-9-17(10-15)25-13-14-7-5-4-6-8-14/h4-8,11-12,15,17H,9-10,13H2,1-3H3,(H,23,24)/t15-,17-. The van der Waals surface area contributed by atoms with E-state index in [1.54, 1.807) is 12.4 Å². The highest BCUT2D eigenvalue weighted by molar-refractivity contribution is 5.84. The topological polar surface area (TPSA) is 73.3 Å². The lowest BCUT2D eigenvalue weighted by Crippen LogP contribution is -2.31. The Morgan fingerprint density at radius 1 is 1.15 bits per heavy atom. The second-order valence-corrected chi connectivity index (χ2v) is 7.54. The third-order valence-electron chi connectivity index (χ3n) is 4.11. The molecule has 0 spiro atoms. The SMILES string of the molecule is CC(C)(C)OC(=O)Nc1cnc([C@H]2C[C@H](OCc3ccccc3)C2)nc1. The van der Waals surface area contributed by atoms with Gasteiger partial charge in [-0.1, -0.05) is 30.3 Å². The van der Waals surface area contributed by atoms with Crippen LogP contribution in [0.5, 0.6) is 0 Å². The van der Waals surface area contributed by atoms with Crippen LogP contribution in [0.25, 0.3) is 0 Å². The predicted octanol–water partition coefficient (Wildman–Crippen LogP) is 4.29. The van der Waals surface area contributed by atoms with Crippen LogP contribution in [0, 0.1) is 0 Å². The molecule has 1 aromatic carbocycles. The number of rotatable bonds is 5. The van der Waals surface area contributed by atoms with Gasteiger partial charge >= 0.3 is 6.09 Å². The van der Waals surface area contributed by atoms with Gasteiger partial charge < -0.3 is 9.47 Å². The smallest absolute Gasteiger partial charge is 0.412 e. The Morgan fingerprint density at radius 3 is 2.42 bits per heavy atom. The highest BCUT2D eigenvalue weighted by Crippen LogP contribution is 2.37. The van der Waals surface area contributed by atoms with Crippen molar-refractivity contribution in [3.8, 4) is 0 Å². The van der Waals surface area contributed by atoms with Crippen molar-refractivity contribution in [3.63, 3.8) is 0 Å². The molecule has 0 aliphatic heterocycles. The van der Waals surface area contributed by atoms with Crippen molar-refractivity contribution in [2.45, 2.75) is 57.8 Å². The second-order valence-electron chi connectivity index (χ2n) is 7.54. The maximum absolute atomic E-state index is 11.7. The number of hydrogen-bond acceptors (Lipinski definition) is 5. The fourth-order valence-corrected chi connectivity index (χ4v) is 2.74. The van der Waals surface area contributed by atoms with Gasteiger partial charge in [-0.2, -0.15) is 0 Å². The summed E-state index contributed by atoms with van der Waals surface area (Å²) in [5, 5.41) is 2.64. The summed E-state index contributed by atoms with van der Waals surface area (Å²) in [6, 6.07) is 10.2. The van der Waals surface area contributed by atoms with Gasteiger partial charge in [-0.3, -0.25) is 5.32 Å². The second kappa shape index (κ2) is 7.83. The number of ether oxygens (including phenoxy) is 2. The van der Waals surface area contributed by atoms with Crippen LogP contribution in [0.2, 0.25) is 0 Å². The third kappa shape index (κ3) is 5.26. The van der Waals surface area contributed by atoms with E-state index in [1.807, 2.05) is 39.0 Å². The van der Waals surface area contributed by atoms with Crippen molar-refractivity contribution < 1.29 is 14.3 Å². The Labute approximate surface area is 154 Å². The molecule has 0 bridgehead atoms. The lowest BCUT2D eigenvalue weighted by atomic mass is 9.81. The third-order valence-corrected chi connectivity index (χ3v) is 4.11. The number of nitrogens with zero attached hydrogens (tertiary/aromatic N) is 2. The van der Waals surface area contributed by atoms with Crippen LogP contribution in [0.4, 0.5) is 10.5 Å². The van der Waals surface area contributed by atoms with E-state index in [9.17, 15) is 4.79 Å². The van der Waals surface area contributed by atoms with Gasteiger partial charge in [0, 0.05) is 5.92 Å². The molecule has 26 heavy (non-hydrogen) atoms. The van der Waals surface area contributed by atoms with Gasteiger partial charge in [0.15, 0.2) is 0 Å². The van der Waals surface area contributed by atoms with Gasteiger partial charge in [0.05, 0.1) is 30.8 Å². The molecular formula is C20H25N3O3. The summed E-state index contributed by atoms with van der Waals surface area (Å²) in [5.74, 6) is 1.10. The first-order chi connectivity index (χ1) is 12.4. The molecule has 3 rings (SSSR count). The minimum Gasteiger partial charge on any atom is -0.444 e. The minimum absolute atomic E-state index is 0.253. The average Bonchev–Trinajstić information content (AvgIpc) is 2.54. The van der Waals surface area contributed by atoms with E-state index in [0.717, 1.165) is 18.7 Å². The Hall–Kier alpha value is -2.47. The minimum atomic E-state index is -0.536. The molecule has 6 nitrogen and oxygen atoms in total. The lowest BCUT2D eigenvalue weighted by molar-refractivity contribution is -0.0223. The molecule has 2 aromatic rings. The summed E-state index contributed by atoms with van der Waals surface area (Å²) < 4.78 is 11.1. The number of amides is 1. The average molecular weight is 355 g/mol. The molecule has 1 aromatic heterocycles. The van der Waals surface area contributed by atoms with Crippen molar-refractivity contribution in [1.29, 1.82) is 0 Å². The zero-order valence-electron chi connectivity index (χ0n) is 15.4. The number of anilines is 1. The number of aromatic nitrogens is 2. The number of benzene rings is 1. The zero-order valence-corrected chi connectivity index (χ0v) is 15.4. The monoisotopic (exact) mass is 355 g/mol. The Kier molecular flexibility index (Phi) is 5.52.